The fourth-order valence-corrected chi connectivity index (χ4v) is 0.774. The molecule has 0 bridgehead atoms. The quantitative estimate of drug-likeness (QED) is 0.393. The van der Waals surface area contributed by atoms with Crippen LogP contribution in [-0.4, -0.2) is 43.1 Å². The van der Waals surface area contributed by atoms with E-state index >= 15 is 0 Å². The molecule has 0 aliphatic heterocycles. The average Bonchev–Trinajstić information content (AvgIpc) is 1.84. The number of likely N-dealkylation sites (N-methyl/N-ethyl adjacent to an activating group) is 1. The Balaban J connectivity index is -0.000000209. The summed E-state index contributed by atoms with van der Waals surface area (Å²) in [6.07, 6.45) is 3.87. The Hall–Kier alpha value is 1.13. The molecule has 0 heterocycles. The van der Waals surface area contributed by atoms with Crippen molar-refractivity contribution >= 4 is 41.5 Å². The van der Waals surface area contributed by atoms with Crippen molar-refractivity contribution in [1.82, 2.24) is 0 Å². The third kappa shape index (κ3) is 23.2. The Morgan fingerprint density at radius 2 is 1.29 bits per heavy atom. The van der Waals surface area contributed by atoms with Gasteiger partial charge in [-0.15, -0.1) is 0 Å². The average molecular weight is 295 g/mol. The standard InChI is InChI=1S/C8H16N.Al.4ClH/c1-5-7-9(3,4)8-6-2;;;;;/h5-6H,1-2,7-8H2,3-4H3;;4*1H/q+1;+3;;;;/p-4. The van der Waals surface area contributed by atoms with E-state index in [9.17, 15) is 0 Å². The molecule has 0 rings (SSSR count). The maximum Gasteiger partial charge on any atom is 0.643 e. The molecule has 0 unspecified atom stereocenters. The molecule has 0 fully saturated rings. The summed E-state index contributed by atoms with van der Waals surface area (Å²) in [7, 11) is 19.1. The zero-order valence-corrected chi connectivity index (χ0v) is 12.7. The predicted octanol–water partition coefficient (Wildman–Crippen LogP) is 0.127. The van der Waals surface area contributed by atoms with E-state index < -0.39 is 11.4 Å². The molecule has 0 aliphatic rings. The van der Waals surface area contributed by atoms with Crippen LogP contribution >= 0.6 is 30.1 Å². The number of hydrogen-bond donors (Lipinski definition) is 0. The van der Waals surface area contributed by atoms with Gasteiger partial charge in [-0.25, -0.2) is 30.1 Å². The summed E-state index contributed by atoms with van der Waals surface area (Å²) in [4.78, 5) is 0. The van der Waals surface area contributed by atoms with Crippen molar-refractivity contribution in [3.63, 3.8) is 0 Å². The van der Waals surface area contributed by atoms with Crippen LogP contribution in [-0.2, 0) is 0 Å². The lowest BCUT2D eigenvalue weighted by atomic mass is 10.4. The molecule has 0 aromatic carbocycles. The predicted molar refractivity (Wildman–Crippen MR) is 65.5 cm³/mol. The van der Waals surface area contributed by atoms with Gasteiger partial charge in [0.05, 0.1) is 27.2 Å². The van der Waals surface area contributed by atoms with Crippen LogP contribution in [0.25, 0.3) is 0 Å². The van der Waals surface area contributed by atoms with Crippen molar-refractivity contribution in [2.24, 2.45) is 0 Å². The van der Waals surface area contributed by atoms with Crippen molar-refractivity contribution in [3.8, 4) is 0 Å². The third-order valence-electron chi connectivity index (χ3n) is 1.25. The molecule has 0 spiro atoms. The summed E-state index contributed by atoms with van der Waals surface area (Å²) >= 11 is -1.72. The SMILES string of the molecule is C=CC[N+](C)(C)CC=C.[Cl-].[Cl][Al]([Cl])[Cl]. The van der Waals surface area contributed by atoms with E-state index in [-0.39, 0.29) is 12.4 Å². The Morgan fingerprint density at radius 1 is 1.07 bits per heavy atom. The van der Waals surface area contributed by atoms with Crippen molar-refractivity contribution in [3.05, 3.63) is 25.3 Å². The van der Waals surface area contributed by atoms with Crippen LogP contribution in [0.5, 0.6) is 0 Å². The topological polar surface area (TPSA) is 0 Å². The first-order valence-corrected chi connectivity index (χ1v) is 9.05. The Kier molecular flexibility index (Phi) is 17.9. The lowest BCUT2D eigenvalue weighted by Crippen LogP contribution is -3.00. The van der Waals surface area contributed by atoms with Gasteiger partial charge in [0.2, 0.25) is 0 Å². The zero-order valence-electron chi connectivity index (χ0n) is 8.52. The number of hydrogen-bond acceptors (Lipinski definition) is 0. The van der Waals surface area contributed by atoms with E-state index in [1.165, 1.54) is 0 Å². The summed E-state index contributed by atoms with van der Waals surface area (Å²) in [6.45, 7) is 9.37. The highest BCUT2D eigenvalue weighted by atomic mass is 35.8. The highest BCUT2D eigenvalue weighted by Crippen LogP contribution is 1.97. The van der Waals surface area contributed by atoms with E-state index in [4.69, 9.17) is 30.1 Å². The molecule has 0 radical (unpaired) electrons. The highest BCUT2D eigenvalue weighted by Gasteiger charge is 2.07. The minimum atomic E-state index is -1.72. The fraction of sp³-hybridized carbons (Fsp3) is 0.500. The second-order valence-corrected chi connectivity index (χ2v) is 9.56. The van der Waals surface area contributed by atoms with E-state index in [1.807, 2.05) is 12.2 Å². The molecule has 0 saturated heterocycles. The molecule has 0 atom stereocenters. The molecule has 14 heavy (non-hydrogen) atoms. The molecule has 0 aromatic rings. The van der Waals surface area contributed by atoms with E-state index in [0.29, 0.717) is 0 Å². The summed E-state index contributed by atoms with van der Waals surface area (Å²) in [5.41, 5.74) is 0. The van der Waals surface area contributed by atoms with Crippen molar-refractivity contribution in [2.75, 3.05) is 27.2 Å². The first-order valence-electron chi connectivity index (χ1n) is 3.81. The van der Waals surface area contributed by atoms with Gasteiger partial charge in [-0.05, 0) is 12.2 Å². The molecule has 0 saturated carbocycles. The normalized spacial score (nSPS) is 8.93. The van der Waals surface area contributed by atoms with Gasteiger partial charge in [0, 0.05) is 0 Å². The zero-order chi connectivity index (χ0) is 10.9. The summed E-state index contributed by atoms with van der Waals surface area (Å²) < 4.78 is 0.951. The number of quaternary nitrogens is 1. The van der Waals surface area contributed by atoms with Gasteiger partial charge in [-0.1, -0.05) is 13.2 Å². The fourth-order valence-electron chi connectivity index (χ4n) is 0.774. The van der Waals surface area contributed by atoms with E-state index in [2.05, 4.69) is 27.3 Å². The van der Waals surface area contributed by atoms with Crippen LogP contribution in [0.1, 0.15) is 0 Å². The Labute approximate surface area is 110 Å². The maximum absolute atomic E-state index is 4.94. The van der Waals surface area contributed by atoms with Crippen LogP contribution in [0.2, 0.25) is 0 Å². The number of halogens is 4. The third-order valence-corrected chi connectivity index (χ3v) is 1.25. The van der Waals surface area contributed by atoms with Gasteiger partial charge >= 0.3 is 11.4 Å². The van der Waals surface area contributed by atoms with Crippen molar-refractivity contribution in [1.29, 1.82) is 0 Å². The highest BCUT2D eigenvalue weighted by molar-refractivity contribution is 7.54. The van der Waals surface area contributed by atoms with Gasteiger partial charge in [0.15, 0.2) is 0 Å². The van der Waals surface area contributed by atoms with Gasteiger partial charge in [0.25, 0.3) is 0 Å². The maximum atomic E-state index is 4.94. The van der Waals surface area contributed by atoms with Gasteiger partial charge in [0.1, 0.15) is 0 Å². The van der Waals surface area contributed by atoms with Crippen LogP contribution < -0.4 is 12.4 Å². The number of nitrogens with zero attached hydrogens (tertiary/aromatic N) is 1. The van der Waals surface area contributed by atoms with E-state index in [1.54, 1.807) is 0 Å². The lowest BCUT2D eigenvalue weighted by molar-refractivity contribution is -0.878. The van der Waals surface area contributed by atoms with Crippen LogP contribution in [0.4, 0.5) is 0 Å². The Bertz CT molecular complexity index is 136. The monoisotopic (exact) mass is 293 g/mol. The summed E-state index contributed by atoms with van der Waals surface area (Å²) in [5, 5.41) is 0. The number of rotatable bonds is 4. The molecule has 0 amide bonds. The van der Waals surface area contributed by atoms with E-state index in [0.717, 1.165) is 17.6 Å². The molecular weight excluding hydrogens is 279 g/mol. The smallest absolute Gasteiger partial charge is 0.643 e. The first-order chi connectivity index (χ1) is 5.85. The minimum Gasteiger partial charge on any atom is -1.00 e. The van der Waals surface area contributed by atoms with Gasteiger partial charge < -0.3 is 16.9 Å². The Morgan fingerprint density at radius 3 is 1.43 bits per heavy atom. The van der Waals surface area contributed by atoms with Crippen LogP contribution in [0.3, 0.4) is 0 Å². The minimum absolute atomic E-state index is 0. The van der Waals surface area contributed by atoms with Crippen LogP contribution in [0, 0.1) is 0 Å². The molecule has 0 aliphatic carbocycles. The molecular formula is C8H16AlCl4N. The second kappa shape index (κ2) is 12.2. The largest absolute Gasteiger partial charge is 1.00 e. The molecule has 0 aromatic heterocycles. The van der Waals surface area contributed by atoms with Crippen molar-refractivity contribution in [2.45, 2.75) is 0 Å². The summed E-state index contributed by atoms with van der Waals surface area (Å²) in [5.74, 6) is 0. The molecule has 6 heteroatoms. The van der Waals surface area contributed by atoms with Crippen LogP contribution in [0.15, 0.2) is 25.3 Å². The van der Waals surface area contributed by atoms with Gasteiger partial charge in [-0.3, -0.25) is 0 Å². The summed E-state index contributed by atoms with van der Waals surface area (Å²) in [6, 6.07) is 0. The molecule has 0 N–H and O–H groups in total. The molecule has 84 valence electrons. The first kappa shape index (κ1) is 20.5. The molecule has 1 nitrogen and oxygen atoms in total. The van der Waals surface area contributed by atoms with Crippen molar-refractivity contribution < 1.29 is 16.9 Å². The second-order valence-electron chi connectivity index (χ2n) is 3.13. The van der Waals surface area contributed by atoms with Gasteiger partial charge in [-0.2, -0.15) is 0 Å². The lowest BCUT2D eigenvalue weighted by Gasteiger charge is -2.26.